The topological polar surface area (TPSA) is 65.7 Å². The summed E-state index contributed by atoms with van der Waals surface area (Å²) in [5, 5.41) is 1.45. The highest BCUT2D eigenvalue weighted by molar-refractivity contribution is 5.63. The molecule has 0 radical (unpaired) electrons. The van der Waals surface area contributed by atoms with Crippen LogP contribution in [0.4, 0.5) is 0 Å². The fraction of sp³-hybridized carbons (Fsp3) is 0. The zero-order valence-electron chi connectivity index (χ0n) is 5.20. The third-order valence-corrected chi connectivity index (χ3v) is 1.36. The first-order valence-electron chi connectivity index (χ1n) is 2.87. The van der Waals surface area contributed by atoms with Crippen LogP contribution >= 0.6 is 0 Å². The SMILES string of the molecule is NN1C=NC=C2NNC=C21. The maximum atomic E-state index is 5.51. The second kappa shape index (κ2) is 1.74. The fourth-order valence-corrected chi connectivity index (χ4v) is 0.878. The lowest BCUT2D eigenvalue weighted by Crippen LogP contribution is -2.32. The van der Waals surface area contributed by atoms with Crippen LogP contribution in [0, 0.1) is 0 Å². The van der Waals surface area contributed by atoms with E-state index in [1.807, 2.05) is 0 Å². The Morgan fingerprint density at radius 2 is 2.50 bits per heavy atom. The van der Waals surface area contributed by atoms with Gasteiger partial charge in [0.1, 0.15) is 12.0 Å². The van der Waals surface area contributed by atoms with Crippen LogP contribution in [0.25, 0.3) is 0 Å². The van der Waals surface area contributed by atoms with E-state index < -0.39 is 0 Å². The third-order valence-electron chi connectivity index (χ3n) is 1.36. The predicted octanol–water partition coefficient (Wildman–Crippen LogP) is -1.01. The molecular weight excluding hydrogens is 130 g/mol. The van der Waals surface area contributed by atoms with Gasteiger partial charge in [-0.1, -0.05) is 0 Å². The Balaban J connectivity index is 2.39. The molecule has 0 unspecified atom stereocenters. The summed E-state index contributed by atoms with van der Waals surface area (Å²) in [5.41, 5.74) is 7.48. The number of nitrogens with zero attached hydrogens (tertiary/aromatic N) is 2. The Hall–Kier alpha value is -1.49. The molecule has 0 aromatic rings. The number of rotatable bonds is 0. The summed E-state index contributed by atoms with van der Waals surface area (Å²) in [6.45, 7) is 0. The molecule has 5 nitrogen and oxygen atoms in total. The van der Waals surface area contributed by atoms with Gasteiger partial charge < -0.3 is 5.43 Å². The molecule has 0 saturated carbocycles. The van der Waals surface area contributed by atoms with Crippen molar-refractivity contribution in [3.8, 4) is 0 Å². The molecule has 10 heavy (non-hydrogen) atoms. The minimum absolute atomic E-state index is 0.894. The second-order valence-corrected chi connectivity index (χ2v) is 2.01. The molecule has 0 spiro atoms. The highest BCUT2D eigenvalue weighted by Crippen LogP contribution is 2.13. The van der Waals surface area contributed by atoms with E-state index in [9.17, 15) is 0 Å². The number of hydrogen-bond acceptors (Lipinski definition) is 5. The standard InChI is InChI=1S/C5H7N5/c6-10-3-7-1-4-5(10)2-8-9-4/h1-3,8-9H,6H2. The first-order valence-corrected chi connectivity index (χ1v) is 2.87. The van der Waals surface area contributed by atoms with Crippen molar-refractivity contribution in [3.05, 3.63) is 23.8 Å². The smallest absolute Gasteiger partial charge is 0.110 e. The number of hydrazine groups is 2. The van der Waals surface area contributed by atoms with Crippen LogP contribution in [0.5, 0.6) is 0 Å². The molecule has 0 amide bonds. The first kappa shape index (κ1) is 5.31. The highest BCUT2D eigenvalue weighted by atomic mass is 15.5. The van der Waals surface area contributed by atoms with E-state index in [0.29, 0.717) is 0 Å². The van der Waals surface area contributed by atoms with E-state index in [1.165, 1.54) is 5.01 Å². The number of nitrogens with two attached hydrogens (primary N) is 1. The fourth-order valence-electron chi connectivity index (χ4n) is 0.878. The minimum Gasteiger partial charge on any atom is -0.306 e. The van der Waals surface area contributed by atoms with Crippen molar-refractivity contribution in [3.63, 3.8) is 0 Å². The zero-order chi connectivity index (χ0) is 6.97. The molecule has 0 saturated heterocycles. The largest absolute Gasteiger partial charge is 0.306 e. The molecule has 2 aliphatic rings. The lowest BCUT2D eigenvalue weighted by atomic mass is 10.3. The Morgan fingerprint density at radius 3 is 3.30 bits per heavy atom. The van der Waals surface area contributed by atoms with Crippen LogP contribution in [-0.4, -0.2) is 11.3 Å². The Morgan fingerprint density at radius 1 is 1.60 bits per heavy atom. The van der Waals surface area contributed by atoms with Crippen molar-refractivity contribution >= 4 is 6.34 Å². The highest BCUT2D eigenvalue weighted by Gasteiger charge is 2.16. The van der Waals surface area contributed by atoms with E-state index in [4.69, 9.17) is 5.84 Å². The Labute approximate surface area is 57.8 Å². The van der Waals surface area contributed by atoms with Crippen molar-refractivity contribution in [2.24, 2.45) is 10.8 Å². The molecule has 0 aliphatic carbocycles. The van der Waals surface area contributed by atoms with Crippen LogP contribution in [0.2, 0.25) is 0 Å². The summed E-state index contributed by atoms with van der Waals surface area (Å²) >= 11 is 0. The van der Waals surface area contributed by atoms with Gasteiger partial charge in [-0.2, -0.15) is 0 Å². The molecule has 0 aromatic heterocycles. The lowest BCUT2D eigenvalue weighted by Gasteiger charge is -2.16. The number of hydrogen-bond donors (Lipinski definition) is 3. The maximum Gasteiger partial charge on any atom is 0.110 e. The zero-order valence-corrected chi connectivity index (χ0v) is 5.20. The number of fused-ring (bicyclic) bond motifs is 1. The molecule has 0 fully saturated rings. The summed E-state index contributed by atoms with van der Waals surface area (Å²) in [7, 11) is 0. The number of nitrogens with one attached hydrogen (secondary N) is 2. The van der Waals surface area contributed by atoms with Crippen LogP contribution in [0.15, 0.2) is 28.8 Å². The lowest BCUT2D eigenvalue weighted by molar-refractivity contribution is 0.562. The molecule has 5 heteroatoms. The molecule has 2 aliphatic heterocycles. The molecule has 4 N–H and O–H groups in total. The van der Waals surface area contributed by atoms with E-state index in [1.54, 1.807) is 18.7 Å². The molecule has 0 atom stereocenters. The average Bonchev–Trinajstić information content (AvgIpc) is 2.36. The molecule has 2 heterocycles. The van der Waals surface area contributed by atoms with E-state index >= 15 is 0 Å². The second-order valence-electron chi connectivity index (χ2n) is 2.01. The van der Waals surface area contributed by atoms with E-state index in [-0.39, 0.29) is 0 Å². The van der Waals surface area contributed by atoms with Gasteiger partial charge in [0.25, 0.3) is 0 Å². The monoisotopic (exact) mass is 137 g/mol. The molecule has 0 aromatic carbocycles. The Kier molecular flexibility index (Phi) is 0.925. The number of aliphatic imine (C=N–C) groups is 1. The van der Waals surface area contributed by atoms with E-state index in [2.05, 4.69) is 15.8 Å². The summed E-state index contributed by atoms with van der Waals surface area (Å²) in [5.74, 6) is 5.51. The van der Waals surface area contributed by atoms with Gasteiger partial charge in [0.15, 0.2) is 0 Å². The van der Waals surface area contributed by atoms with Gasteiger partial charge in [-0.3, -0.25) is 10.4 Å². The Bertz CT molecular complexity index is 238. The van der Waals surface area contributed by atoms with Crippen molar-refractivity contribution in [2.75, 3.05) is 0 Å². The van der Waals surface area contributed by atoms with Gasteiger partial charge in [-0.05, 0) is 0 Å². The predicted molar refractivity (Wildman–Crippen MR) is 37.0 cm³/mol. The summed E-state index contributed by atoms with van der Waals surface area (Å²) in [6.07, 6.45) is 5.02. The van der Waals surface area contributed by atoms with Crippen molar-refractivity contribution in [1.82, 2.24) is 15.9 Å². The van der Waals surface area contributed by atoms with E-state index in [0.717, 1.165) is 11.4 Å². The van der Waals surface area contributed by atoms with Gasteiger partial charge in [0, 0.05) is 6.20 Å². The van der Waals surface area contributed by atoms with Crippen molar-refractivity contribution in [1.29, 1.82) is 0 Å². The average molecular weight is 137 g/mol. The van der Waals surface area contributed by atoms with Gasteiger partial charge in [-0.15, -0.1) is 0 Å². The summed E-state index contributed by atoms with van der Waals surface area (Å²) in [6, 6.07) is 0. The van der Waals surface area contributed by atoms with Crippen LogP contribution in [0.1, 0.15) is 0 Å². The normalized spacial score (nSPS) is 20.7. The van der Waals surface area contributed by atoms with Gasteiger partial charge in [0.2, 0.25) is 0 Å². The van der Waals surface area contributed by atoms with Crippen molar-refractivity contribution < 1.29 is 0 Å². The van der Waals surface area contributed by atoms with Crippen LogP contribution in [0.3, 0.4) is 0 Å². The minimum atomic E-state index is 0.894. The third kappa shape index (κ3) is 0.577. The maximum absolute atomic E-state index is 5.51. The molecule has 0 bridgehead atoms. The molecule has 2 rings (SSSR count). The first-order chi connectivity index (χ1) is 4.88. The summed E-state index contributed by atoms with van der Waals surface area (Å²) in [4.78, 5) is 3.87. The van der Waals surface area contributed by atoms with Crippen LogP contribution < -0.4 is 16.7 Å². The van der Waals surface area contributed by atoms with Gasteiger partial charge in [-0.25, -0.2) is 10.8 Å². The van der Waals surface area contributed by atoms with Gasteiger partial charge in [0.05, 0.1) is 11.9 Å². The quantitative estimate of drug-likeness (QED) is 0.374. The van der Waals surface area contributed by atoms with Gasteiger partial charge >= 0.3 is 0 Å². The van der Waals surface area contributed by atoms with Crippen molar-refractivity contribution in [2.45, 2.75) is 0 Å². The molecular formula is C5H7N5. The summed E-state index contributed by atoms with van der Waals surface area (Å²) < 4.78 is 0. The molecule has 52 valence electrons. The van der Waals surface area contributed by atoms with Crippen LogP contribution in [-0.2, 0) is 0 Å².